The second-order valence-corrected chi connectivity index (χ2v) is 4.82. The van der Waals surface area contributed by atoms with Crippen molar-refractivity contribution in [1.29, 1.82) is 0 Å². The summed E-state index contributed by atoms with van der Waals surface area (Å²) in [5, 5.41) is -3.26. The number of rotatable bonds is 5. The molecule has 0 rings (SSSR count). The van der Waals surface area contributed by atoms with E-state index in [1.54, 1.807) is 0 Å². The van der Waals surface area contributed by atoms with Crippen molar-refractivity contribution in [3.63, 3.8) is 0 Å². The zero-order valence-corrected chi connectivity index (χ0v) is 11.8. The summed E-state index contributed by atoms with van der Waals surface area (Å²) in [4.78, 5) is 0. The van der Waals surface area contributed by atoms with Crippen LogP contribution >= 0.6 is 11.6 Å². The van der Waals surface area contributed by atoms with Crippen LogP contribution in [0.15, 0.2) is 11.1 Å². The lowest BCUT2D eigenvalue weighted by atomic mass is 9.93. The third kappa shape index (κ3) is 3.65. The fourth-order valence-corrected chi connectivity index (χ4v) is 1.25. The van der Waals surface area contributed by atoms with Crippen molar-refractivity contribution in [2.75, 3.05) is 0 Å². The number of allylic oxidation sites excluding steroid dienone is 2. The van der Waals surface area contributed by atoms with Crippen LogP contribution in [0.5, 0.6) is 0 Å². The Bertz CT molecular complexity index is 549. The molecule has 0 bridgehead atoms. The van der Waals surface area contributed by atoms with Gasteiger partial charge < -0.3 is 0 Å². The van der Waals surface area contributed by atoms with Gasteiger partial charge in [0.25, 0.3) is 0 Å². The Morgan fingerprint density at radius 3 is 1.08 bits per heavy atom. The van der Waals surface area contributed by atoms with E-state index in [1.165, 1.54) is 0 Å². The Morgan fingerprint density at radius 1 is 0.500 bits per heavy atom. The molecule has 0 heterocycles. The van der Waals surface area contributed by atoms with Crippen LogP contribution in [0.4, 0.5) is 70.2 Å². The zero-order valence-electron chi connectivity index (χ0n) is 11.0. The highest BCUT2D eigenvalue weighted by Crippen LogP contribution is 2.60. The van der Waals surface area contributed by atoms with E-state index in [0.717, 1.165) is 0 Å². The molecule has 0 aromatic rings. The van der Waals surface area contributed by atoms with E-state index in [4.69, 9.17) is 0 Å². The summed E-state index contributed by atoms with van der Waals surface area (Å²) in [6.45, 7) is 0. The molecule has 0 unspecified atom stereocenters. The SMILES string of the molecule is FC(F)(F)C(Cl)=CC(F)(F)C(F)(F)C(F)(F)C(F)(F)C(F)(F)C(F)(F)F. The van der Waals surface area contributed by atoms with Crippen molar-refractivity contribution in [3.05, 3.63) is 11.1 Å². The first-order chi connectivity index (χ1) is 10.9. The quantitative estimate of drug-likeness (QED) is 0.427. The highest BCUT2D eigenvalue weighted by atomic mass is 35.5. The van der Waals surface area contributed by atoms with E-state index in [-0.39, 0.29) is 0 Å². The molecular formula is C9HClF16. The van der Waals surface area contributed by atoms with E-state index >= 15 is 0 Å². The van der Waals surface area contributed by atoms with E-state index < -0.39 is 53.1 Å². The summed E-state index contributed by atoms with van der Waals surface area (Å²) in [6, 6.07) is 0. The topological polar surface area (TPSA) is 0 Å². The predicted octanol–water partition coefficient (Wildman–Crippen LogP) is 6.41. The van der Waals surface area contributed by atoms with Gasteiger partial charge >= 0.3 is 42.0 Å². The highest BCUT2D eigenvalue weighted by molar-refractivity contribution is 6.30. The van der Waals surface area contributed by atoms with Gasteiger partial charge in [-0.3, -0.25) is 0 Å². The normalized spacial score (nSPS) is 16.9. The van der Waals surface area contributed by atoms with Gasteiger partial charge in [-0.05, 0) is 0 Å². The van der Waals surface area contributed by atoms with Gasteiger partial charge in [0, 0.05) is 6.08 Å². The van der Waals surface area contributed by atoms with Gasteiger partial charge in [0.2, 0.25) is 0 Å². The second-order valence-electron chi connectivity index (χ2n) is 4.41. The smallest absolute Gasteiger partial charge is 0.195 e. The Morgan fingerprint density at radius 2 is 0.808 bits per heavy atom. The number of hydrogen-bond acceptors (Lipinski definition) is 0. The lowest BCUT2D eigenvalue weighted by molar-refractivity contribution is -0.436. The third-order valence-electron chi connectivity index (χ3n) is 2.54. The highest BCUT2D eigenvalue weighted by Gasteiger charge is 2.90. The van der Waals surface area contributed by atoms with Crippen LogP contribution in [-0.4, -0.2) is 42.0 Å². The fourth-order valence-electron chi connectivity index (χ4n) is 1.11. The van der Waals surface area contributed by atoms with E-state index in [0.29, 0.717) is 0 Å². The Balaban J connectivity index is 6.43. The second kappa shape index (κ2) is 6.22. The molecule has 0 atom stereocenters. The Labute approximate surface area is 136 Å². The lowest BCUT2D eigenvalue weighted by Crippen LogP contribution is -2.69. The van der Waals surface area contributed by atoms with E-state index in [9.17, 15) is 70.2 Å². The van der Waals surface area contributed by atoms with Gasteiger partial charge in [-0.15, -0.1) is 0 Å². The Hall–Kier alpha value is -1.09. The van der Waals surface area contributed by atoms with Crippen LogP contribution in [0.1, 0.15) is 0 Å². The lowest BCUT2D eigenvalue weighted by Gasteiger charge is -2.39. The van der Waals surface area contributed by atoms with Crippen molar-refractivity contribution in [3.8, 4) is 0 Å². The molecule has 0 amide bonds. The van der Waals surface area contributed by atoms with Crippen molar-refractivity contribution < 1.29 is 70.2 Å². The fraction of sp³-hybridized carbons (Fsp3) is 0.778. The van der Waals surface area contributed by atoms with E-state index in [2.05, 4.69) is 11.6 Å². The number of hydrogen-bond donors (Lipinski definition) is 0. The summed E-state index contributed by atoms with van der Waals surface area (Å²) < 4.78 is 199. The molecule has 0 aliphatic carbocycles. The van der Waals surface area contributed by atoms with Gasteiger partial charge in [-0.1, -0.05) is 11.6 Å². The molecule has 0 aromatic heterocycles. The van der Waals surface area contributed by atoms with Gasteiger partial charge in [0.05, 0.1) is 0 Å². The maximum Gasteiger partial charge on any atom is 0.460 e. The molecule has 26 heavy (non-hydrogen) atoms. The minimum absolute atomic E-state index is 2.23. The summed E-state index contributed by atoms with van der Waals surface area (Å²) in [7, 11) is 0. The van der Waals surface area contributed by atoms with Crippen molar-refractivity contribution in [1.82, 2.24) is 0 Å². The maximum atomic E-state index is 13.0. The zero-order chi connectivity index (χ0) is 21.8. The molecule has 0 radical (unpaired) electrons. The van der Waals surface area contributed by atoms with Crippen molar-refractivity contribution >= 4 is 11.6 Å². The molecule has 0 saturated heterocycles. The average molecular weight is 449 g/mol. The van der Waals surface area contributed by atoms with Crippen LogP contribution in [0.2, 0.25) is 0 Å². The van der Waals surface area contributed by atoms with Gasteiger partial charge in [-0.2, -0.15) is 70.2 Å². The van der Waals surface area contributed by atoms with Gasteiger partial charge in [0.15, 0.2) is 0 Å². The molecule has 0 fully saturated rings. The monoisotopic (exact) mass is 448 g/mol. The predicted molar refractivity (Wildman–Crippen MR) is 50.8 cm³/mol. The van der Waals surface area contributed by atoms with Crippen LogP contribution in [-0.2, 0) is 0 Å². The number of halogens is 17. The van der Waals surface area contributed by atoms with Crippen LogP contribution in [0.25, 0.3) is 0 Å². The third-order valence-corrected chi connectivity index (χ3v) is 2.86. The number of alkyl halides is 16. The summed E-state index contributed by atoms with van der Waals surface area (Å²) in [5.41, 5.74) is 0. The maximum absolute atomic E-state index is 13.0. The first kappa shape index (κ1) is 24.9. The molecule has 17 heteroatoms. The molecule has 0 spiro atoms. The van der Waals surface area contributed by atoms with E-state index in [1.807, 2.05) is 0 Å². The largest absolute Gasteiger partial charge is 0.460 e. The molecule has 0 nitrogen and oxygen atoms in total. The molecule has 0 aliphatic rings. The molecular weight excluding hydrogens is 448 g/mol. The minimum atomic E-state index is -8.19. The molecule has 0 aliphatic heterocycles. The molecule has 156 valence electrons. The minimum Gasteiger partial charge on any atom is -0.195 e. The Kier molecular flexibility index (Phi) is 5.96. The van der Waals surface area contributed by atoms with Crippen LogP contribution in [0, 0.1) is 0 Å². The van der Waals surface area contributed by atoms with Crippen molar-refractivity contribution in [2.45, 2.75) is 42.0 Å². The van der Waals surface area contributed by atoms with Crippen LogP contribution in [0.3, 0.4) is 0 Å². The standard InChI is InChI=1S/C9HClF16/c10-2(4(13,14)15)1-3(11,12)5(16,17)6(18,19)7(20,21)8(22,23)9(24,25)26/h1H. The van der Waals surface area contributed by atoms with Crippen molar-refractivity contribution in [2.24, 2.45) is 0 Å². The van der Waals surface area contributed by atoms with Crippen LogP contribution < -0.4 is 0 Å². The first-order valence-corrected chi connectivity index (χ1v) is 5.67. The molecule has 0 aromatic carbocycles. The molecule has 0 N–H and O–H groups in total. The average Bonchev–Trinajstić information content (AvgIpc) is 2.34. The summed E-state index contributed by atoms with van der Waals surface area (Å²) in [6.07, 6.45) is -15.9. The molecule has 0 saturated carbocycles. The first-order valence-electron chi connectivity index (χ1n) is 5.29. The summed E-state index contributed by atoms with van der Waals surface area (Å²) in [5.74, 6) is -39.2. The summed E-state index contributed by atoms with van der Waals surface area (Å²) >= 11 is 4.04. The van der Waals surface area contributed by atoms with Gasteiger partial charge in [0.1, 0.15) is 5.03 Å². The van der Waals surface area contributed by atoms with Gasteiger partial charge in [-0.25, -0.2) is 0 Å².